The molecular formula is C15H9ClN2O3. The van der Waals surface area contributed by atoms with Crippen molar-refractivity contribution in [3.8, 4) is 11.1 Å². The van der Waals surface area contributed by atoms with E-state index in [0.29, 0.717) is 15.9 Å². The number of aromatic amines is 1. The maximum atomic E-state index is 12.0. The van der Waals surface area contributed by atoms with Gasteiger partial charge in [0.15, 0.2) is 0 Å². The Labute approximate surface area is 123 Å². The predicted molar refractivity (Wildman–Crippen MR) is 79.8 cm³/mol. The molecule has 3 aromatic rings. The number of nitrogens with zero attached hydrogens (tertiary/aromatic N) is 1. The van der Waals surface area contributed by atoms with Crippen LogP contribution < -0.4 is 5.43 Å². The summed E-state index contributed by atoms with van der Waals surface area (Å²) in [5.74, 6) is -1.35. The summed E-state index contributed by atoms with van der Waals surface area (Å²) in [6.45, 7) is 0. The van der Waals surface area contributed by atoms with Gasteiger partial charge in [0, 0.05) is 10.4 Å². The molecule has 0 spiro atoms. The van der Waals surface area contributed by atoms with Crippen LogP contribution in [0.1, 0.15) is 10.5 Å². The molecule has 0 aliphatic carbocycles. The quantitative estimate of drug-likeness (QED) is 0.762. The third-order valence-corrected chi connectivity index (χ3v) is 3.40. The van der Waals surface area contributed by atoms with Crippen molar-refractivity contribution in [1.29, 1.82) is 0 Å². The van der Waals surface area contributed by atoms with Crippen LogP contribution in [0.25, 0.3) is 22.0 Å². The van der Waals surface area contributed by atoms with Gasteiger partial charge in [0.2, 0.25) is 11.1 Å². The number of nitrogens with one attached hydrogen (secondary N) is 1. The second-order valence-electron chi connectivity index (χ2n) is 4.47. The van der Waals surface area contributed by atoms with Crippen molar-refractivity contribution in [3.63, 3.8) is 0 Å². The van der Waals surface area contributed by atoms with E-state index in [-0.39, 0.29) is 0 Å². The fraction of sp³-hybridized carbons (Fsp3) is 0. The molecule has 0 saturated carbocycles. The Balaban J connectivity index is 2.18. The summed E-state index contributed by atoms with van der Waals surface area (Å²) < 4.78 is 0. The normalized spacial score (nSPS) is 10.7. The van der Waals surface area contributed by atoms with Gasteiger partial charge < -0.3 is 5.11 Å². The highest BCUT2D eigenvalue weighted by atomic mass is 35.5. The van der Waals surface area contributed by atoms with E-state index < -0.39 is 17.1 Å². The van der Waals surface area contributed by atoms with Gasteiger partial charge in [-0.25, -0.2) is 4.79 Å². The number of aromatic carboxylic acids is 1. The zero-order valence-corrected chi connectivity index (χ0v) is 11.4. The average Bonchev–Trinajstić information content (AvgIpc) is 2.47. The molecule has 0 aliphatic heterocycles. The van der Waals surface area contributed by atoms with E-state index in [2.05, 4.69) is 10.2 Å². The molecule has 0 unspecified atom stereocenters. The molecule has 2 N–H and O–H groups in total. The number of halogens is 1. The molecule has 0 bridgehead atoms. The van der Waals surface area contributed by atoms with Crippen molar-refractivity contribution < 1.29 is 9.90 Å². The standard InChI is InChI=1S/C15H9ClN2O3/c16-10-4-1-8(2-5-10)9-3-6-11-12(7-9)17-18-13(14(11)19)15(20)21/h1-7H,(H,17,19)(H,20,21). The molecule has 5 nitrogen and oxygen atoms in total. The van der Waals surface area contributed by atoms with Gasteiger partial charge in [0.1, 0.15) is 0 Å². The van der Waals surface area contributed by atoms with E-state index in [1.165, 1.54) is 0 Å². The smallest absolute Gasteiger partial charge is 0.360 e. The van der Waals surface area contributed by atoms with Crippen LogP contribution in [0.3, 0.4) is 0 Å². The van der Waals surface area contributed by atoms with Crippen LogP contribution in [0, 0.1) is 0 Å². The topological polar surface area (TPSA) is 83.0 Å². The molecule has 0 atom stereocenters. The van der Waals surface area contributed by atoms with E-state index in [9.17, 15) is 9.59 Å². The van der Waals surface area contributed by atoms with Gasteiger partial charge in [0.05, 0.1) is 5.52 Å². The van der Waals surface area contributed by atoms with Gasteiger partial charge in [-0.3, -0.25) is 9.89 Å². The number of hydrogen-bond donors (Lipinski definition) is 2. The van der Waals surface area contributed by atoms with Crippen LogP contribution in [0.5, 0.6) is 0 Å². The first kappa shape index (κ1) is 13.3. The molecule has 0 amide bonds. The summed E-state index contributed by atoms with van der Waals surface area (Å²) in [7, 11) is 0. The number of carboxylic acid groups (broad SMARTS) is 1. The van der Waals surface area contributed by atoms with Crippen molar-refractivity contribution in [1.82, 2.24) is 10.2 Å². The van der Waals surface area contributed by atoms with Crippen molar-refractivity contribution in [3.05, 3.63) is 63.4 Å². The Morgan fingerprint density at radius 1 is 1.10 bits per heavy atom. The lowest BCUT2D eigenvalue weighted by Gasteiger charge is -2.04. The SMILES string of the molecule is O=C(O)c1n[nH]c2cc(-c3ccc(Cl)cc3)ccc2c1=O. The van der Waals surface area contributed by atoms with Crippen LogP contribution in [0.2, 0.25) is 5.02 Å². The predicted octanol–water partition coefficient (Wildman–Crippen LogP) is 2.94. The van der Waals surface area contributed by atoms with Gasteiger partial charge in [-0.15, -0.1) is 0 Å². The van der Waals surface area contributed by atoms with Gasteiger partial charge in [0.25, 0.3) is 0 Å². The highest BCUT2D eigenvalue weighted by molar-refractivity contribution is 6.30. The third kappa shape index (κ3) is 2.39. The molecule has 1 aromatic heterocycles. The van der Waals surface area contributed by atoms with Gasteiger partial charge in [-0.05, 0) is 35.4 Å². The lowest BCUT2D eigenvalue weighted by Crippen LogP contribution is -2.18. The number of aromatic nitrogens is 2. The van der Waals surface area contributed by atoms with Gasteiger partial charge in [-0.1, -0.05) is 29.8 Å². The molecule has 104 valence electrons. The number of carbonyl (C=O) groups is 1. The second-order valence-corrected chi connectivity index (χ2v) is 4.91. The van der Waals surface area contributed by atoms with E-state index in [1.54, 1.807) is 30.3 Å². The maximum Gasteiger partial charge on any atom is 0.360 e. The zero-order valence-electron chi connectivity index (χ0n) is 10.6. The second kappa shape index (κ2) is 5.03. The first-order valence-electron chi connectivity index (χ1n) is 6.08. The van der Waals surface area contributed by atoms with Gasteiger partial charge in [-0.2, -0.15) is 5.10 Å². The number of H-pyrrole nitrogens is 1. The number of hydrogen-bond acceptors (Lipinski definition) is 3. The zero-order chi connectivity index (χ0) is 15.0. The molecule has 3 rings (SSSR count). The van der Waals surface area contributed by atoms with E-state index in [4.69, 9.17) is 16.7 Å². The Hall–Kier alpha value is -2.66. The van der Waals surface area contributed by atoms with Gasteiger partial charge >= 0.3 is 5.97 Å². The van der Waals surface area contributed by atoms with Crippen molar-refractivity contribution in [2.75, 3.05) is 0 Å². The summed E-state index contributed by atoms with van der Waals surface area (Å²) in [5.41, 5.74) is 1.18. The molecule has 6 heteroatoms. The molecule has 0 radical (unpaired) electrons. The summed E-state index contributed by atoms with van der Waals surface area (Å²) in [5, 5.41) is 16.0. The van der Waals surface area contributed by atoms with Crippen LogP contribution in [0.15, 0.2) is 47.3 Å². The first-order chi connectivity index (χ1) is 10.1. The molecule has 1 heterocycles. The fourth-order valence-corrected chi connectivity index (χ4v) is 2.22. The van der Waals surface area contributed by atoms with E-state index >= 15 is 0 Å². The van der Waals surface area contributed by atoms with Crippen LogP contribution in [0.4, 0.5) is 0 Å². The van der Waals surface area contributed by atoms with Crippen LogP contribution in [-0.2, 0) is 0 Å². The molecule has 2 aromatic carbocycles. The van der Waals surface area contributed by atoms with Crippen LogP contribution in [-0.4, -0.2) is 21.3 Å². The molecule has 0 saturated heterocycles. The summed E-state index contributed by atoms with van der Waals surface area (Å²) in [4.78, 5) is 22.9. The molecule has 0 fully saturated rings. The monoisotopic (exact) mass is 300 g/mol. The number of fused-ring (bicyclic) bond motifs is 1. The minimum Gasteiger partial charge on any atom is -0.476 e. The third-order valence-electron chi connectivity index (χ3n) is 3.15. The first-order valence-corrected chi connectivity index (χ1v) is 6.46. The Morgan fingerprint density at radius 2 is 1.76 bits per heavy atom. The summed E-state index contributed by atoms with van der Waals surface area (Å²) in [6, 6.07) is 12.4. The minimum atomic E-state index is -1.35. The highest BCUT2D eigenvalue weighted by Gasteiger charge is 2.13. The Kier molecular flexibility index (Phi) is 3.19. The van der Waals surface area contributed by atoms with Crippen molar-refractivity contribution in [2.45, 2.75) is 0 Å². The fourth-order valence-electron chi connectivity index (χ4n) is 2.10. The molecule has 21 heavy (non-hydrogen) atoms. The Bertz CT molecular complexity index is 901. The summed E-state index contributed by atoms with van der Waals surface area (Å²) in [6.07, 6.45) is 0. The van der Waals surface area contributed by atoms with Crippen molar-refractivity contribution >= 4 is 28.5 Å². The number of rotatable bonds is 2. The lowest BCUT2D eigenvalue weighted by molar-refractivity contribution is 0.0688. The summed E-state index contributed by atoms with van der Waals surface area (Å²) >= 11 is 5.85. The number of carboxylic acids is 1. The Morgan fingerprint density at radius 3 is 2.43 bits per heavy atom. The molecular weight excluding hydrogens is 292 g/mol. The lowest BCUT2D eigenvalue weighted by atomic mass is 10.0. The average molecular weight is 301 g/mol. The highest BCUT2D eigenvalue weighted by Crippen LogP contribution is 2.23. The minimum absolute atomic E-state index is 0.292. The van der Waals surface area contributed by atoms with E-state index in [0.717, 1.165) is 11.1 Å². The molecule has 0 aliphatic rings. The van der Waals surface area contributed by atoms with Crippen LogP contribution >= 0.6 is 11.6 Å². The largest absolute Gasteiger partial charge is 0.476 e. The maximum absolute atomic E-state index is 12.0. The van der Waals surface area contributed by atoms with Crippen molar-refractivity contribution in [2.24, 2.45) is 0 Å². The number of benzene rings is 2. The van der Waals surface area contributed by atoms with E-state index in [1.807, 2.05) is 12.1 Å².